The number of hydrogen-bond acceptors (Lipinski definition) is 4. The number of nitrogens with zero attached hydrogens (tertiary/aromatic N) is 1. The van der Waals surface area contributed by atoms with Gasteiger partial charge in [0.25, 0.3) is 5.69 Å². The Bertz CT molecular complexity index is 733. The summed E-state index contributed by atoms with van der Waals surface area (Å²) in [6, 6.07) is 9.64. The smallest absolute Gasteiger partial charge is 0.272 e. The predicted octanol–water partition coefficient (Wildman–Crippen LogP) is 3.98. The number of fused-ring (bicyclic) bond motifs is 1. The maximum absolute atomic E-state index is 13.8. The van der Waals surface area contributed by atoms with E-state index in [2.05, 4.69) is 5.32 Å². The molecule has 6 heteroatoms. The van der Waals surface area contributed by atoms with Crippen LogP contribution in [0.15, 0.2) is 36.4 Å². The van der Waals surface area contributed by atoms with E-state index in [-0.39, 0.29) is 23.3 Å². The summed E-state index contributed by atoms with van der Waals surface area (Å²) in [6.45, 7) is 2.12. The standard InChI is InChI=1S/C16H15FN2O3/c1-10-9-11(5-6-15(10)19(20)21)18-14-7-8-22-16-12(14)3-2-4-13(16)17/h2-6,9,14,18H,7-8H2,1H3/t14-/m0/s1. The third kappa shape index (κ3) is 2.59. The monoisotopic (exact) mass is 302 g/mol. The van der Waals surface area contributed by atoms with Gasteiger partial charge < -0.3 is 10.1 Å². The molecule has 0 radical (unpaired) electrons. The Kier molecular flexibility index (Phi) is 3.66. The van der Waals surface area contributed by atoms with Crippen molar-refractivity contribution in [1.29, 1.82) is 0 Å². The predicted molar refractivity (Wildman–Crippen MR) is 80.7 cm³/mol. The molecular formula is C16H15FN2O3. The minimum absolute atomic E-state index is 0.0830. The third-order valence-electron chi connectivity index (χ3n) is 3.76. The number of anilines is 1. The second-order valence-corrected chi connectivity index (χ2v) is 5.25. The number of para-hydroxylation sites is 1. The summed E-state index contributed by atoms with van der Waals surface area (Å²) in [7, 11) is 0. The van der Waals surface area contributed by atoms with Gasteiger partial charge in [0, 0.05) is 29.3 Å². The van der Waals surface area contributed by atoms with Crippen molar-refractivity contribution >= 4 is 11.4 Å². The van der Waals surface area contributed by atoms with E-state index in [1.807, 2.05) is 6.07 Å². The molecule has 0 fully saturated rings. The van der Waals surface area contributed by atoms with E-state index in [0.29, 0.717) is 18.6 Å². The van der Waals surface area contributed by atoms with Crippen LogP contribution in [-0.2, 0) is 0 Å². The highest BCUT2D eigenvalue weighted by Crippen LogP contribution is 2.36. The zero-order chi connectivity index (χ0) is 15.7. The van der Waals surface area contributed by atoms with E-state index in [9.17, 15) is 14.5 Å². The first-order valence-corrected chi connectivity index (χ1v) is 6.99. The Labute approximate surface area is 126 Å². The molecule has 0 saturated carbocycles. The fraction of sp³-hybridized carbons (Fsp3) is 0.250. The van der Waals surface area contributed by atoms with Crippen molar-refractivity contribution in [1.82, 2.24) is 0 Å². The molecule has 0 aromatic heterocycles. The average Bonchev–Trinajstić information content (AvgIpc) is 2.48. The molecule has 1 aliphatic heterocycles. The number of nitrogens with one attached hydrogen (secondary N) is 1. The first-order valence-electron chi connectivity index (χ1n) is 6.99. The molecule has 3 rings (SSSR count). The molecular weight excluding hydrogens is 287 g/mol. The average molecular weight is 302 g/mol. The normalized spacial score (nSPS) is 16.5. The van der Waals surface area contributed by atoms with Crippen LogP contribution in [0.5, 0.6) is 5.75 Å². The van der Waals surface area contributed by atoms with E-state index in [4.69, 9.17) is 4.74 Å². The van der Waals surface area contributed by atoms with Crippen LogP contribution in [0.3, 0.4) is 0 Å². The van der Waals surface area contributed by atoms with Crippen LogP contribution in [0.25, 0.3) is 0 Å². The second-order valence-electron chi connectivity index (χ2n) is 5.25. The lowest BCUT2D eigenvalue weighted by atomic mass is 9.99. The van der Waals surface area contributed by atoms with Crippen molar-refractivity contribution in [2.24, 2.45) is 0 Å². The summed E-state index contributed by atoms with van der Waals surface area (Å²) >= 11 is 0. The van der Waals surface area contributed by atoms with Crippen molar-refractivity contribution < 1.29 is 14.1 Å². The maximum Gasteiger partial charge on any atom is 0.272 e. The van der Waals surface area contributed by atoms with Gasteiger partial charge in [0.05, 0.1) is 17.6 Å². The molecule has 0 saturated heterocycles. The van der Waals surface area contributed by atoms with Crippen molar-refractivity contribution in [2.45, 2.75) is 19.4 Å². The second kappa shape index (κ2) is 5.63. The van der Waals surface area contributed by atoms with Gasteiger partial charge in [-0.25, -0.2) is 4.39 Å². The molecule has 2 aromatic rings. The van der Waals surface area contributed by atoms with Gasteiger partial charge in [0.15, 0.2) is 11.6 Å². The SMILES string of the molecule is Cc1cc(N[C@H]2CCOc3c(F)cccc32)ccc1[N+](=O)[O-]. The number of hydrogen-bond donors (Lipinski definition) is 1. The Balaban J connectivity index is 1.88. The van der Waals surface area contributed by atoms with Crippen molar-refractivity contribution in [3.8, 4) is 5.75 Å². The summed E-state index contributed by atoms with van der Waals surface area (Å²) in [6.07, 6.45) is 0.701. The van der Waals surface area contributed by atoms with E-state index in [1.54, 1.807) is 25.1 Å². The summed E-state index contributed by atoms with van der Waals surface area (Å²) < 4.78 is 19.2. The first-order chi connectivity index (χ1) is 10.6. The van der Waals surface area contributed by atoms with Gasteiger partial charge in [-0.3, -0.25) is 10.1 Å². The van der Waals surface area contributed by atoms with Crippen LogP contribution in [0.4, 0.5) is 15.8 Å². The van der Waals surface area contributed by atoms with E-state index < -0.39 is 4.92 Å². The topological polar surface area (TPSA) is 64.4 Å². The number of rotatable bonds is 3. The number of halogens is 1. The summed E-state index contributed by atoms with van der Waals surface area (Å²) in [5, 5.41) is 14.2. The minimum Gasteiger partial charge on any atom is -0.490 e. The molecule has 0 spiro atoms. The lowest BCUT2D eigenvalue weighted by molar-refractivity contribution is -0.385. The van der Waals surface area contributed by atoms with Gasteiger partial charge in [0.1, 0.15) is 0 Å². The Hall–Kier alpha value is -2.63. The van der Waals surface area contributed by atoms with Gasteiger partial charge in [0.2, 0.25) is 0 Å². The lowest BCUT2D eigenvalue weighted by Crippen LogP contribution is -2.21. The molecule has 0 aliphatic carbocycles. The van der Waals surface area contributed by atoms with E-state index in [0.717, 1.165) is 11.3 Å². The fourth-order valence-electron chi connectivity index (χ4n) is 2.69. The first kappa shape index (κ1) is 14.3. The lowest BCUT2D eigenvalue weighted by Gasteiger charge is -2.27. The molecule has 1 N–H and O–H groups in total. The number of ether oxygens (including phenoxy) is 1. The van der Waals surface area contributed by atoms with Gasteiger partial charge in [-0.15, -0.1) is 0 Å². The molecule has 0 bridgehead atoms. The van der Waals surface area contributed by atoms with Crippen molar-refractivity contribution in [3.63, 3.8) is 0 Å². The van der Waals surface area contributed by atoms with Gasteiger partial charge >= 0.3 is 0 Å². The van der Waals surface area contributed by atoms with Crippen molar-refractivity contribution in [3.05, 3.63) is 63.5 Å². The highest BCUT2D eigenvalue weighted by Gasteiger charge is 2.24. The van der Waals surface area contributed by atoms with Gasteiger partial charge in [-0.05, 0) is 25.1 Å². The zero-order valence-corrected chi connectivity index (χ0v) is 12.0. The number of aryl methyl sites for hydroxylation is 1. The van der Waals surface area contributed by atoms with E-state index >= 15 is 0 Å². The Morgan fingerprint density at radius 3 is 2.91 bits per heavy atom. The number of benzene rings is 2. The third-order valence-corrected chi connectivity index (χ3v) is 3.76. The fourth-order valence-corrected chi connectivity index (χ4v) is 2.69. The molecule has 1 aliphatic rings. The van der Waals surface area contributed by atoms with Crippen LogP contribution in [0, 0.1) is 22.9 Å². The zero-order valence-electron chi connectivity index (χ0n) is 12.0. The molecule has 114 valence electrons. The van der Waals surface area contributed by atoms with Gasteiger partial charge in [-0.1, -0.05) is 12.1 Å². The molecule has 1 heterocycles. The van der Waals surface area contributed by atoms with Crippen LogP contribution in [0.1, 0.15) is 23.6 Å². The molecule has 1 atom stereocenters. The summed E-state index contributed by atoms with van der Waals surface area (Å²) in [5.74, 6) is -0.0891. The van der Waals surface area contributed by atoms with Crippen LogP contribution >= 0.6 is 0 Å². The summed E-state index contributed by atoms with van der Waals surface area (Å²) in [5.41, 5.74) is 2.21. The van der Waals surface area contributed by atoms with E-state index in [1.165, 1.54) is 12.1 Å². The number of nitro benzene ring substituents is 1. The molecule has 22 heavy (non-hydrogen) atoms. The summed E-state index contributed by atoms with van der Waals surface area (Å²) in [4.78, 5) is 10.4. The van der Waals surface area contributed by atoms with Crippen LogP contribution < -0.4 is 10.1 Å². The quantitative estimate of drug-likeness (QED) is 0.688. The molecule has 5 nitrogen and oxygen atoms in total. The molecule has 0 unspecified atom stereocenters. The molecule has 0 amide bonds. The van der Waals surface area contributed by atoms with Gasteiger partial charge in [-0.2, -0.15) is 0 Å². The van der Waals surface area contributed by atoms with Crippen molar-refractivity contribution in [2.75, 3.05) is 11.9 Å². The maximum atomic E-state index is 13.8. The Morgan fingerprint density at radius 2 is 2.18 bits per heavy atom. The van der Waals surface area contributed by atoms with Crippen LogP contribution in [-0.4, -0.2) is 11.5 Å². The van der Waals surface area contributed by atoms with Crippen LogP contribution in [0.2, 0.25) is 0 Å². The minimum atomic E-state index is -0.405. The molecule has 2 aromatic carbocycles. The highest BCUT2D eigenvalue weighted by molar-refractivity contribution is 5.55. The highest BCUT2D eigenvalue weighted by atomic mass is 19.1. The number of nitro groups is 1. The largest absolute Gasteiger partial charge is 0.490 e. The Morgan fingerprint density at radius 1 is 1.36 bits per heavy atom.